The van der Waals surface area contributed by atoms with E-state index in [9.17, 15) is 9.59 Å². The van der Waals surface area contributed by atoms with Gasteiger partial charge in [-0.3, -0.25) is 9.59 Å². The van der Waals surface area contributed by atoms with Gasteiger partial charge in [0.1, 0.15) is 5.41 Å². The van der Waals surface area contributed by atoms with E-state index in [1.807, 2.05) is 18.7 Å². The molecule has 0 aromatic carbocycles. The molecule has 2 aliphatic carbocycles. The molecule has 2 atom stereocenters. The van der Waals surface area contributed by atoms with Gasteiger partial charge in [0, 0.05) is 5.41 Å². The van der Waals surface area contributed by atoms with Crippen molar-refractivity contribution in [3.05, 3.63) is 0 Å². The molecule has 0 aromatic heterocycles. The Hall–Kier alpha value is -0.900. The van der Waals surface area contributed by atoms with Crippen molar-refractivity contribution in [2.75, 3.05) is 32.7 Å². The zero-order chi connectivity index (χ0) is 14.5. The number of nitrogens with zero attached hydrogens (tertiary/aromatic N) is 1. The number of fused-ring (bicyclic) bond motifs is 2. The lowest BCUT2D eigenvalue weighted by Crippen LogP contribution is -3.14. The smallest absolute Gasteiger partial charge is 0.236 e. The zero-order valence-electron chi connectivity index (χ0n) is 13.0. The lowest BCUT2D eigenvalue weighted by Gasteiger charge is -2.38. The molecule has 0 radical (unpaired) electrons. The minimum Gasteiger partial charge on any atom is -0.332 e. The SMILES string of the molecule is CC[NH+]1CCN(C(=O)[C@@]23CC[C@@H](C2)C(C)(C)C3=O)CC1. The van der Waals surface area contributed by atoms with E-state index in [1.165, 1.54) is 0 Å². The quantitative estimate of drug-likeness (QED) is 0.730. The monoisotopic (exact) mass is 279 g/mol. The number of carbonyl (C=O) groups is 2. The van der Waals surface area contributed by atoms with Crippen LogP contribution >= 0.6 is 0 Å². The molecule has 0 unspecified atom stereocenters. The summed E-state index contributed by atoms with van der Waals surface area (Å²) in [4.78, 5) is 29.3. The van der Waals surface area contributed by atoms with Crippen LogP contribution in [0.15, 0.2) is 0 Å². The van der Waals surface area contributed by atoms with Crippen LogP contribution in [-0.4, -0.2) is 49.3 Å². The van der Waals surface area contributed by atoms with Gasteiger partial charge in [0.15, 0.2) is 5.78 Å². The van der Waals surface area contributed by atoms with Crippen molar-refractivity contribution in [1.82, 2.24) is 4.90 Å². The molecule has 1 N–H and O–H groups in total. The molecular formula is C16H27N2O2+. The van der Waals surface area contributed by atoms with Crippen LogP contribution < -0.4 is 4.90 Å². The molecule has 4 nitrogen and oxygen atoms in total. The van der Waals surface area contributed by atoms with Gasteiger partial charge in [-0.05, 0) is 32.1 Å². The van der Waals surface area contributed by atoms with Crippen molar-refractivity contribution < 1.29 is 14.5 Å². The van der Waals surface area contributed by atoms with E-state index in [-0.39, 0.29) is 17.1 Å². The maximum atomic E-state index is 13.0. The minimum atomic E-state index is -0.655. The molecule has 1 heterocycles. The topological polar surface area (TPSA) is 41.8 Å². The van der Waals surface area contributed by atoms with Crippen molar-refractivity contribution >= 4 is 11.7 Å². The molecule has 1 amide bonds. The molecule has 20 heavy (non-hydrogen) atoms. The van der Waals surface area contributed by atoms with Gasteiger partial charge in [-0.15, -0.1) is 0 Å². The Morgan fingerprint density at radius 3 is 2.50 bits per heavy atom. The number of nitrogens with one attached hydrogen (secondary N) is 1. The van der Waals surface area contributed by atoms with Crippen LogP contribution in [0.25, 0.3) is 0 Å². The third kappa shape index (κ3) is 1.77. The normalized spacial score (nSPS) is 36.6. The van der Waals surface area contributed by atoms with Gasteiger partial charge in [-0.25, -0.2) is 0 Å². The van der Waals surface area contributed by atoms with E-state index in [0.29, 0.717) is 5.92 Å². The number of amides is 1. The van der Waals surface area contributed by atoms with Gasteiger partial charge in [0.05, 0.1) is 32.7 Å². The second-order valence-corrected chi connectivity index (χ2v) is 7.47. The van der Waals surface area contributed by atoms with Gasteiger partial charge < -0.3 is 9.80 Å². The predicted molar refractivity (Wildman–Crippen MR) is 76.4 cm³/mol. The van der Waals surface area contributed by atoms with Crippen molar-refractivity contribution in [2.24, 2.45) is 16.7 Å². The fourth-order valence-corrected chi connectivity index (χ4v) is 4.64. The Morgan fingerprint density at radius 2 is 2.00 bits per heavy atom. The summed E-state index contributed by atoms with van der Waals surface area (Å²) in [7, 11) is 0. The summed E-state index contributed by atoms with van der Waals surface area (Å²) in [6.07, 6.45) is 2.64. The summed E-state index contributed by atoms with van der Waals surface area (Å²) in [5, 5.41) is 0. The Bertz CT molecular complexity index is 438. The number of likely N-dealkylation sites (N-methyl/N-ethyl adjacent to an activating group) is 1. The van der Waals surface area contributed by atoms with Gasteiger partial charge in [0.2, 0.25) is 5.91 Å². The van der Waals surface area contributed by atoms with Crippen LogP contribution in [0.4, 0.5) is 0 Å². The van der Waals surface area contributed by atoms with Crippen LogP contribution in [0, 0.1) is 16.7 Å². The molecule has 3 aliphatic rings. The van der Waals surface area contributed by atoms with E-state index < -0.39 is 5.41 Å². The predicted octanol–water partition coefficient (Wildman–Crippen LogP) is 0.129. The number of piperazine rings is 1. The van der Waals surface area contributed by atoms with Crippen molar-refractivity contribution in [3.8, 4) is 0 Å². The lowest BCUT2D eigenvalue weighted by molar-refractivity contribution is -0.902. The van der Waals surface area contributed by atoms with Gasteiger partial charge in [0.25, 0.3) is 0 Å². The highest BCUT2D eigenvalue weighted by atomic mass is 16.2. The number of hydrogen-bond donors (Lipinski definition) is 1. The van der Waals surface area contributed by atoms with Crippen LogP contribution in [0.3, 0.4) is 0 Å². The Labute approximate surface area is 121 Å². The van der Waals surface area contributed by atoms with Crippen LogP contribution in [0.1, 0.15) is 40.0 Å². The standard InChI is InChI=1S/C16H26N2O2/c1-4-17-7-9-18(10-8-17)14(20)16-6-5-12(11-16)15(2,3)13(16)19/h12H,4-11H2,1-3H3/p+1/t12-,16-/m0/s1. The lowest BCUT2D eigenvalue weighted by atomic mass is 9.70. The summed E-state index contributed by atoms with van der Waals surface area (Å²) in [5.41, 5.74) is -0.942. The number of Topliss-reactive ketones (excluding diaryl/α,β-unsaturated/α-hetero) is 1. The first-order valence-corrected chi connectivity index (χ1v) is 8.09. The molecule has 1 saturated heterocycles. The molecule has 0 spiro atoms. The highest BCUT2D eigenvalue weighted by molar-refractivity contribution is 6.10. The molecule has 0 aromatic rings. The fraction of sp³-hybridized carbons (Fsp3) is 0.875. The average molecular weight is 279 g/mol. The first-order valence-electron chi connectivity index (χ1n) is 8.09. The van der Waals surface area contributed by atoms with Crippen LogP contribution in [-0.2, 0) is 9.59 Å². The Balaban J connectivity index is 1.77. The summed E-state index contributed by atoms with van der Waals surface area (Å²) < 4.78 is 0. The molecular weight excluding hydrogens is 252 g/mol. The van der Waals surface area contributed by atoms with E-state index in [1.54, 1.807) is 4.90 Å². The van der Waals surface area contributed by atoms with E-state index in [0.717, 1.165) is 52.0 Å². The second-order valence-electron chi connectivity index (χ2n) is 7.47. The Morgan fingerprint density at radius 1 is 1.35 bits per heavy atom. The summed E-state index contributed by atoms with van der Waals surface area (Å²) >= 11 is 0. The van der Waals surface area contributed by atoms with E-state index >= 15 is 0 Å². The maximum Gasteiger partial charge on any atom is 0.236 e. The Kier molecular flexibility index (Phi) is 3.20. The summed E-state index contributed by atoms with van der Waals surface area (Å²) in [5.74, 6) is 0.781. The number of ketones is 1. The van der Waals surface area contributed by atoms with Gasteiger partial charge in [-0.2, -0.15) is 0 Å². The highest BCUT2D eigenvalue weighted by Crippen LogP contribution is 2.60. The number of carbonyl (C=O) groups excluding carboxylic acids is 2. The van der Waals surface area contributed by atoms with Crippen molar-refractivity contribution in [1.29, 1.82) is 0 Å². The largest absolute Gasteiger partial charge is 0.332 e. The third-order valence-electron chi connectivity index (χ3n) is 6.22. The van der Waals surface area contributed by atoms with Crippen molar-refractivity contribution in [3.63, 3.8) is 0 Å². The molecule has 112 valence electrons. The molecule has 2 saturated carbocycles. The third-order valence-corrected chi connectivity index (χ3v) is 6.22. The first-order chi connectivity index (χ1) is 9.41. The summed E-state index contributed by atoms with van der Waals surface area (Å²) in [6.45, 7) is 11.1. The second kappa shape index (κ2) is 4.55. The molecule has 3 fully saturated rings. The van der Waals surface area contributed by atoms with Gasteiger partial charge in [-0.1, -0.05) is 13.8 Å². The molecule has 4 heteroatoms. The minimum absolute atomic E-state index is 0.144. The van der Waals surface area contributed by atoms with E-state index in [4.69, 9.17) is 0 Å². The molecule has 3 rings (SSSR count). The molecule has 1 aliphatic heterocycles. The fourth-order valence-electron chi connectivity index (χ4n) is 4.64. The zero-order valence-corrected chi connectivity index (χ0v) is 13.0. The average Bonchev–Trinajstić information content (AvgIpc) is 2.98. The first kappa shape index (κ1) is 14.1. The number of hydrogen-bond acceptors (Lipinski definition) is 2. The number of quaternary nitrogens is 1. The van der Waals surface area contributed by atoms with Crippen LogP contribution in [0.2, 0.25) is 0 Å². The highest BCUT2D eigenvalue weighted by Gasteiger charge is 2.65. The number of rotatable bonds is 2. The maximum absolute atomic E-state index is 13.0. The van der Waals surface area contributed by atoms with Crippen LogP contribution in [0.5, 0.6) is 0 Å². The van der Waals surface area contributed by atoms with E-state index in [2.05, 4.69) is 6.92 Å². The van der Waals surface area contributed by atoms with Crippen molar-refractivity contribution in [2.45, 2.75) is 40.0 Å². The van der Waals surface area contributed by atoms with Gasteiger partial charge >= 0.3 is 0 Å². The summed E-state index contributed by atoms with van der Waals surface area (Å²) in [6, 6.07) is 0. The molecule has 2 bridgehead atoms.